The molecule has 0 saturated heterocycles. The maximum Gasteiger partial charge on any atom is 0.435 e. The molecule has 364 valence electrons. The summed E-state index contributed by atoms with van der Waals surface area (Å²) in [5, 5.41) is 9.37. The van der Waals surface area contributed by atoms with Gasteiger partial charge in [0.25, 0.3) is 5.92 Å². The summed E-state index contributed by atoms with van der Waals surface area (Å²) in [6.07, 6.45) is -8.52. The quantitative estimate of drug-likeness (QED) is 0.0985. The van der Waals surface area contributed by atoms with Crippen LogP contribution in [0.15, 0.2) is 30.3 Å². The van der Waals surface area contributed by atoms with Crippen LogP contribution < -0.4 is 10.0 Å². The highest BCUT2D eigenvalue weighted by Gasteiger charge is 2.63. The number of pyridine rings is 1. The summed E-state index contributed by atoms with van der Waals surface area (Å²) in [6.45, 7) is -0.431. The first-order valence-corrected chi connectivity index (χ1v) is 24.8. The number of hydrogen-bond acceptors (Lipinski definition) is 8. The van der Waals surface area contributed by atoms with Crippen molar-refractivity contribution in [1.82, 2.24) is 29.9 Å². The molecule has 0 radical (unpaired) electrons. The Morgan fingerprint density at radius 1 is 0.956 bits per heavy atom. The zero-order valence-corrected chi connectivity index (χ0v) is 38.4. The van der Waals surface area contributed by atoms with Crippen LogP contribution in [-0.2, 0) is 69.1 Å². The Kier molecular flexibility index (Phi) is 12.0. The van der Waals surface area contributed by atoms with Gasteiger partial charge in [0, 0.05) is 34.9 Å². The van der Waals surface area contributed by atoms with Gasteiger partial charge < -0.3 is 5.32 Å². The average molecular weight is 1020 g/mol. The lowest BCUT2D eigenvalue weighted by Gasteiger charge is -2.34. The van der Waals surface area contributed by atoms with Gasteiger partial charge in [-0.25, -0.2) is 30.6 Å². The average Bonchev–Trinajstić information content (AvgIpc) is 3.90. The number of hydrogen-bond donors (Lipinski definition) is 2. The fourth-order valence-electron chi connectivity index (χ4n) is 9.17. The van der Waals surface area contributed by atoms with E-state index in [9.17, 15) is 56.8 Å². The first-order chi connectivity index (χ1) is 31.3. The molecule has 5 aromatic rings. The van der Waals surface area contributed by atoms with Crippen LogP contribution in [0.4, 0.5) is 49.7 Å². The Labute approximate surface area is 386 Å². The van der Waals surface area contributed by atoms with Crippen LogP contribution in [0.25, 0.3) is 22.0 Å². The summed E-state index contributed by atoms with van der Waals surface area (Å²) < 4.78 is 199. The highest BCUT2D eigenvalue weighted by Crippen LogP contribution is 2.64. The molecule has 1 saturated carbocycles. The summed E-state index contributed by atoms with van der Waals surface area (Å²) in [4.78, 5) is 19.1. The SMILES string of the molecule is CC(C)(C#Cc1nc(C(Cc2cc(F)cc(F)c2)NC(=O)Cn2nc(C(F)(F)F)c3c2C(F)(F)[C@@H]2CC[C@H]32)c(-c2ccc(Cl)c3c(NS(C)(=O)=O)nn(CC(F)(F)F)c23)c2c1CCC2)S(C)(=O)=O. The van der Waals surface area contributed by atoms with Crippen LogP contribution in [0.5, 0.6) is 0 Å². The van der Waals surface area contributed by atoms with Crippen molar-refractivity contribution in [1.29, 1.82) is 0 Å². The fourth-order valence-corrected chi connectivity index (χ4v) is 10.1. The van der Waals surface area contributed by atoms with Gasteiger partial charge in [0.1, 0.15) is 40.9 Å². The third-order valence-corrected chi connectivity index (χ3v) is 15.3. The lowest BCUT2D eigenvalue weighted by Crippen LogP contribution is -2.36. The van der Waals surface area contributed by atoms with Crippen LogP contribution in [0.3, 0.4) is 0 Å². The van der Waals surface area contributed by atoms with Crippen LogP contribution >= 0.6 is 11.6 Å². The van der Waals surface area contributed by atoms with Crippen LogP contribution in [0.2, 0.25) is 5.02 Å². The van der Waals surface area contributed by atoms with E-state index in [1.165, 1.54) is 26.0 Å². The predicted octanol–water partition coefficient (Wildman–Crippen LogP) is 8.54. The number of anilines is 1. The first-order valence-electron chi connectivity index (χ1n) is 20.7. The summed E-state index contributed by atoms with van der Waals surface area (Å²) in [7, 11) is -8.09. The molecule has 8 rings (SSSR count). The smallest absolute Gasteiger partial charge is 0.346 e. The molecule has 12 nitrogen and oxygen atoms in total. The number of alkyl halides is 8. The largest absolute Gasteiger partial charge is 0.435 e. The molecule has 3 aliphatic carbocycles. The lowest BCUT2D eigenvalue weighted by atomic mass is 9.73. The zero-order chi connectivity index (χ0) is 49.8. The second-order valence-corrected chi connectivity index (χ2v) is 22.4. The Morgan fingerprint density at radius 3 is 2.21 bits per heavy atom. The van der Waals surface area contributed by atoms with Gasteiger partial charge in [-0.2, -0.15) is 45.3 Å². The van der Waals surface area contributed by atoms with Gasteiger partial charge in [0.2, 0.25) is 15.9 Å². The van der Waals surface area contributed by atoms with Gasteiger partial charge in [-0.15, -0.1) is 0 Å². The highest BCUT2D eigenvalue weighted by molar-refractivity contribution is 7.92. The Bertz CT molecular complexity index is 3210. The second kappa shape index (κ2) is 16.6. The van der Waals surface area contributed by atoms with Gasteiger partial charge in [0.05, 0.1) is 33.9 Å². The minimum Gasteiger partial charge on any atom is -0.346 e. The van der Waals surface area contributed by atoms with E-state index >= 15 is 8.78 Å². The number of amides is 1. The highest BCUT2D eigenvalue weighted by atomic mass is 35.5. The third kappa shape index (κ3) is 9.12. The van der Waals surface area contributed by atoms with Crippen LogP contribution in [0.1, 0.15) is 90.1 Å². The molecule has 2 aromatic carbocycles. The van der Waals surface area contributed by atoms with Crippen molar-refractivity contribution in [2.24, 2.45) is 5.92 Å². The number of halogens is 11. The molecule has 1 amide bonds. The molecule has 0 bridgehead atoms. The molecule has 0 aliphatic heterocycles. The monoisotopic (exact) mass is 1020 g/mol. The van der Waals surface area contributed by atoms with Crippen molar-refractivity contribution in [3.05, 3.63) is 92.0 Å². The number of nitrogens with one attached hydrogen (secondary N) is 2. The number of sulfonamides is 1. The fraction of sp³-hybridized carbons (Fsp3) is 0.442. The topological polar surface area (TPSA) is 158 Å². The first kappa shape index (κ1) is 49.0. The summed E-state index contributed by atoms with van der Waals surface area (Å²) in [5.74, 6) is -5.05. The minimum atomic E-state index is -5.19. The van der Waals surface area contributed by atoms with Crippen molar-refractivity contribution in [2.75, 3.05) is 17.2 Å². The number of aromatic nitrogens is 5. The summed E-state index contributed by atoms with van der Waals surface area (Å²) in [6, 6.07) is 3.08. The zero-order valence-electron chi connectivity index (χ0n) is 36.0. The Morgan fingerprint density at radius 2 is 1.62 bits per heavy atom. The number of nitrogens with zero attached hydrogens (tertiary/aromatic N) is 5. The molecular formula is C43H38ClF10N7O5S2. The van der Waals surface area contributed by atoms with Gasteiger partial charge in [-0.1, -0.05) is 23.6 Å². The van der Waals surface area contributed by atoms with E-state index in [1.807, 2.05) is 0 Å². The van der Waals surface area contributed by atoms with Crippen molar-refractivity contribution >= 4 is 54.1 Å². The predicted molar refractivity (Wildman–Crippen MR) is 228 cm³/mol. The second-order valence-electron chi connectivity index (χ2n) is 17.7. The van der Waals surface area contributed by atoms with Crippen molar-refractivity contribution in [2.45, 2.75) is 100 Å². The molecule has 3 aromatic heterocycles. The number of sulfone groups is 1. The molecular weight excluding hydrogens is 984 g/mol. The van der Waals surface area contributed by atoms with Crippen molar-refractivity contribution < 1.29 is 65.5 Å². The molecule has 1 unspecified atom stereocenters. The summed E-state index contributed by atoms with van der Waals surface area (Å²) >= 11 is 6.58. The molecule has 3 atom stereocenters. The molecule has 2 N–H and O–H groups in total. The molecule has 3 aliphatic rings. The van der Waals surface area contributed by atoms with Crippen LogP contribution in [0, 0.1) is 29.4 Å². The van der Waals surface area contributed by atoms with E-state index in [-0.39, 0.29) is 68.9 Å². The number of benzene rings is 2. The minimum absolute atomic E-state index is 0.0194. The maximum atomic E-state index is 15.8. The number of carbonyl (C=O) groups is 1. The summed E-state index contributed by atoms with van der Waals surface area (Å²) in [5.41, 5.74) is -3.83. The Hall–Kier alpha value is -5.41. The van der Waals surface area contributed by atoms with E-state index in [0.29, 0.717) is 34.6 Å². The van der Waals surface area contributed by atoms with E-state index in [4.69, 9.17) is 16.6 Å². The van der Waals surface area contributed by atoms with E-state index in [0.717, 1.165) is 18.4 Å². The van der Waals surface area contributed by atoms with Gasteiger partial charge in [-0.05, 0) is 99.1 Å². The molecule has 25 heteroatoms. The normalized spacial score (nSPS) is 18.3. The lowest BCUT2D eigenvalue weighted by molar-refractivity contribution is -0.144. The maximum absolute atomic E-state index is 15.8. The van der Waals surface area contributed by atoms with E-state index < -0.39 is 126 Å². The third-order valence-electron chi connectivity index (χ3n) is 12.4. The van der Waals surface area contributed by atoms with Crippen molar-refractivity contribution in [3.63, 3.8) is 0 Å². The number of rotatable bonds is 11. The van der Waals surface area contributed by atoms with E-state index in [2.05, 4.69) is 32.1 Å². The van der Waals surface area contributed by atoms with Gasteiger partial charge >= 0.3 is 12.4 Å². The number of carbonyl (C=O) groups excluding carboxylic acids is 1. The molecule has 1 fully saturated rings. The number of fused-ring (bicyclic) bond motifs is 5. The van der Waals surface area contributed by atoms with Gasteiger partial charge in [0.15, 0.2) is 21.3 Å². The van der Waals surface area contributed by atoms with Gasteiger partial charge in [-0.3, -0.25) is 18.9 Å². The molecule has 3 heterocycles. The molecule has 0 spiro atoms. The molecule has 68 heavy (non-hydrogen) atoms. The van der Waals surface area contributed by atoms with Crippen LogP contribution in [-0.4, -0.2) is 70.7 Å². The van der Waals surface area contributed by atoms with E-state index in [1.54, 1.807) is 0 Å². The standard InChI is InChI=1S/C43H38ClF10N7O5S2/c1-40(2,67(3,63)64)13-12-29-23-6-5-7-24(23)32(26-9-11-28(44)34-36(26)61(19-41(47,48)49)58-39(34)59-68(4,65)66)35(56-29)30(16-20-14-21(45)17-22(46)15-20)55-31(62)18-60-38-33(37(57-60)43(52,53)54)25-8-10-27(25)42(38,50)51/h9,11,14-15,17,25,27,30H,5-8,10,16,18-19H2,1-4H3,(H,55,62)(H,58,59)/t25-,27+,30?/m0/s1. The Balaban J connectivity index is 1.39. The van der Waals surface area contributed by atoms with Crippen molar-refractivity contribution in [3.8, 4) is 23.0 Å².